The molecule has 8 nitrogen and oxygen atoms in total. The first-order chi connectivity index (χ1) is 25.3. The van der Waals surface area contributed by atoms with Gasteiger partial charge in [0, 0.05) is 12.8 Å². The zero-order valence-corrected chi connectivity index (χ0v) is 34.9. The molecule has 0 saturated heterocycles. The zero-order chi connectivity index (χ0) is 38.2. The van der Waals surface area contributed by atoms with Gasteiger partial charge in [-0.25, -0.2) is 4.57 Å². The van der Waals surface area contributed by atoms with E-state index in [0.29, 0.717) is 6.42 Å². The molecular formula is C43H83O8P. The number of rotatable bonds is 41. The van der Waals surface area contributed by atoms with E-state index in [1.807, 2.05) is 0 Å². The molecule has 0 aromatic rings. The van der Waals surface area contributed by atoms with Gasteiger partial charge in [-0.3, -0.25) is 14.1 Å². The Hall–Kier alpha value is -1.21. The third-order valence-corrected chi connectivity index (χ3v) is 10.3. The molecule has 2 N–H and O–H groups in total. The molecule has 0 amide bonds. The number of phosphoric acid groups is 1. The number of phosphoric ester groups is 1. The van der Waals surface area contributed by atoms with E-state index < -0.39 is 32.5 Å². The average molecular weight is 759 g/mol. The van der Waals surface area contributed by atoms with Gasteiger partial charge < -0.3 is 19.3 Å². The minimum absolute atomic E-state index is 0.218. The average Bonchev–Trinajstić information content (AvgIpc) is 3.11. The Bertz CT molecular complexity index is 858. The van der Waals surface area contributed by atoms with E-state index in [4.69, 9.17) is 19.3 Å². The summed E-state index contributed by atoms with van der Waals surface area (Å²) in [7, 11) is -4.75. The van der Waals surface area contributed by atoms with E-state index in [1.54, 1.807) is 0 Å². The second-order valence-corrected chi connectivity index (χ2v) is 16.3. The third kappa shape index (κ3) is 41.5. The minimum atomic E-state index is -4.75. The molecule has 0 aromatic carbocycles. The van der Waals surface area contributed by atoms with Crippen molar-refractivity contribution in [2.45, 2.75) is 238 Å². The van der Waals surface area contributed by atoms with Crippen molar-refractivity contribution in [3.05, 3.63) is 12.2 Å². The van der Waals surface area contributed by atoms with Gasteiger partial charge >= 0.3 is 19.8 Å². The second kappa shape index (κ2) is 39.5. The molecule has 0 aromatic heterocycles. The minimum Gasteiger partial charge on any atom is -0.462 e. The largest absolute Gasteiger partial charge is 0.469 e. The number of carbonyl (C=O) groups excluding carboxylic acids is 2. The summed E-state index contributed by atoms with van der Waals surface area (Å²) in [5, 5.41) is 0. The van der Waals surface area contributed by atoms with Crippen molar-refractivity contribution in [3.63, 3.8) is 0 Å². The van der Waals surface area contributed by atoms with Crippen LogP contribution in [0.25, 0.3) is 0 Å². The molecule has 0 aliphatic heterocycles. The fourth-order valence-corrected chi connectivity index (χ4v) is 6.85. The van der Waals surface area contributed by atoms with E-state index in [2.05, 4.69) is 30.5 Å². The highest BCUT2D eigenvalue weighted by atomic mass is 31.2. The monoisotopic (exact) mass is 759 g/mol. The number of unbranched alkanes of at least 4 members (excludes halogenated alkanes) is 29. The number of hydrogen-bond donors (Lipinski definition) is 2. The first-order valence-electron chi connectivity index (χ1n) is 22.0. The van der Waals surface area contributed by atoms with Gasteiger partial charge in [0.25, 0.3) is 0 Å². The second-order valence-electron chi connectivity index (χ2n) is 15.0. The van der Waals surface area contributed by atoms with Crippen LogP contribution in [-0.2, 0) is 28.2 Å². The van der Waals surface area contributed by atoms with Crippen LogP contribution >= 0.6 is 7.82 Å². The van der Waals surface area contributed by atoms with Gasteiger partial charge in [0.05, 0.1) is 6.61 Å². The third-order valence-electron chi connectivity index (χ3n) is 9.78. The Labute approximate surface area is 320 Å². The number of allylic oxidation sites excluding steroid dienone is 2. The maximum Gasteiger partial charge on any atom is 0.469 e. The molecule has 308 valence electrons. The lowest BCUT2D eigenvalue weighted by molar-refractivity contribution is -0.161. The highest BCUT2D eigenvalue weighted by Crippen LogP contribution is 2.36. The molecule has 1 atom stereocenters. The summed E-state index contributed by atoms with van der Waals surface area (Å²) in [5.41, 5.74) is 0. The molecule has 0 unspecified atom stereocenters. The smallest absolute Gasteiger partial charge is 0.462 e. The highest BCUT2D eigenvalue weighted by Gasteiger charge is 2.22. The van der Waals surface area contributed by atoms with Crippen LogP contribution in [0, 0.1) is 0 Å². The Morgan fingerprint density at radius 3 is 1.17 bits per heavy atom. The Balaban J connectivity index is 3.82. The van der Waals surface area contributed by atoms with Gasteiger partial charge in [-0.1, -0.05) is 193 Å². The molecule has 0 heterocycles. The number of esters is 2. The molecule has 52 heavy (non-hydrogen) atoms. The lowest BCUT2D eigenvalue weighted by Crippen LogP contribution is -2.29. The molecule has 0 aliphatic carbocycles. The lowest BCUT2D eigenvalue weighted by Gasteiger charge is -2.18. The molecule has 0 bridgehead atoms. The zero-order valence-electron chi connectivity index (χ0n) is 34.0. The van der Waals surface area contributed by atoms with Gasteiger partial charge in [-0.15, -0.1) is 0 Å². The van der Waals surface area contributed by atoms with Crippen molar-refractivity contribution in [1.29, 1.82) is 0 Å². The van der Waals surface area contributed by atoms with Crippen molar-refractivity contribution in [1.82, 2.24) is 0 Å². The van der Waals surface area contributed by atoms with E-state index >= 15 is 0 Å². The first kappa shape index (κ1) is 50.8. The van der Waals surface area contributed by atoms with Crippen molar-refractivity contribution < 1.29 is 37.9 Å². The van der Waals surface area contributed by atoms with Gasteiger partial charge in [0.2, 0.25) is 0 Å². The van der Waals surface area contributed by atoms with E-state index in [1.165, 1.54) is 161 Å². The van der Waals surface area contributed by atoms with Crippen molar-refractivity contribution in [2.75, 3.05) is 13.2 Å². The van der Waals surface area contributed by atoms with Crippen molar-refractivity contribution in [3.8, 4) is 0 Å². The van der Waals surface area contributed by atoms with E-state index in [0.717, 1.165) is 38.5 Å². The molecule has 0 fully saturated rings. The Morgan fingerprint density at radius 1 is 0.481 bits per heavy atom. The SMILES string of the molecule is CCCCCCCC/C=C\CCCCCCCCCCCCCC(=O)OC[C@H](COP(=O)(O)O)OC(=O)CCCCCCCCCCCCCCC. The Kier molecular flexibility index (Phi) is 38.6. The molecular weight excluding hydrogens is 675 g/mol. The first-order valence-corrected chi connectivity index (χ1v) is 23.5. The standard InChI is InChI=1S/C43H83O8P/c1-3-5-7-9-11-13-15-17-18-19-20-21-22-23-24-26-27-29-31-33-35-37-42(44)49-39-41(40-50-52(46,47)48)51-43(45)38-36-34-32-30-28-25-16-14-12-10-8-6-4-2/h17-18,41H,3-16,19-40H2,1-2H3,(H2,46,47,48)/b18-17-/t41-/m1/s1. The van der Waals surface area contributed by atoms with Crippen molar-refractivity contribution in [2.24, 2.45) is 0 Å². The van der Waals surface area contributed by atoms with Crippen LogP contribution in [0.2, 0.25) is 0 Å². The van der Waals surface area contributed by atoms with E-state index in [9.17, 15) is 14.2 Å². The normalized spacial score (nSPS) is 12.5. The molecule has 0 radical (unpaired) electrons. The predicted molar refractivity (Wildman–Crippen MR) is 216 cm³/mol. The van der Waals surface area contributed by atoms with Gasteiger partial charge in [-0.2, -0.15) is 0 Å². The summed E-state index contributed by atoms with van der Waals surface area (Å²) < 4.78 is 26.4. The van der Waals surface area contributed by atoms with Gasteiger partial charge in [0.1, 0.15) is 6.61 Å². The summed E-state index contributed by atoms with van der Waals surface area (Å²) in [6.45, 7) is 3.70. The number of ether oxygens (including phenoxy) is 2. The Morgan fingerprint density at radius 2 is 0.808 bits per heavy atom. The van der Waals surface area contributed by atoms with Crippen molar-refractivity contribution >= 4 is 19.8 Å². The fraction of sp³-hybridized carbons (Fsp3) is 0.907. The van der Waals surface area contributed by atoms with Crippen LogP contribution in [0.5, 0.6) is 0 Å². The molecule has 0 saturated carbocycles. The maximum absolute atomic E-state index is 12.4. The maximum atomic E-state index is 12.4. The predicted octanol–water partition coefficient (Wildman–Crippen LogP) is 13.4. The summed E-state index contributed by atoms with van der Waals surface area (Å²) in [5.74, 6) is -0.873. The summed E-state index contributed by atoms with van der Waals surface area (Å²) in [4.78, 5) is 42.8. The lowest BCUT2D eigenvalue weighted by atomic mass is 10.0. The summed E-state index contributed by atoms with van der Waals surface area (Å²) in [6, 6.07) is 0. The van der Waals surface area contributed by atoms with Gasteiger partial charge in [0.15, 0.2) is 6.10 Å². The summed E-state index contributed by atoms with van der Waals surface area (Å²) in [6.07, 6.45) is 43.6. The van der Waals surface area contributed by atoms with E-state index in [-0.39, 0.29) is 19.4 Å². The van der Waals surface area contributed by atoms with Crippen LogP contribution < -0.4 is 0 Å². The fourth-order valence-electron chi connectivity index (χ4n) is 6.49. The van der Waals surface area contributed by atoms with Crippen LogP contribution in [0.1, 0.15) is 232 Å². The molecule has 0 spiro atoms. The number of carbonyl (C=O) groups is 2. The van der Waals surface area contributed by atoms with Crippen LogP contribution in [0.15, 0.2) is 12.2 Å². The van der Waals surface area contributed by atoms with Gasteiger partial charge in [-0.05, 0) is 38.5 Å². The van der Waals surface area contributed by atoms with Crippen LogP contribution in [-0.4, -0.2) is 41.0 Å². The summed E-state index contributed by atoms with van der Waals surface area (Å²) >= 11 is 0. The number of hydrogen-bond acceptors (Lipinski definition) is 6. The molecule has 0 aliphatic rings. The molecule has 0 rings (SSSR count). The molecule has 9 heteroatoms. The quantitative estimate of drug-likeness (QED) is 0.0274. The van der Waals surface area contributed by atoms with Crippen LogP contribution in [0.4, 0.5) is 0 Å². The van der Waals surface area contributed by atoms with Crippen LogP contribution in [0.3, 0.4) is 0 Å². The highest BCUT2D eigenvalue weighted by molar-refractivity contribution is 7.46. The topological polar surface area (TPSA) is 119 Å².